The highest BCUT2D eigenvalue weighted by molar-refractivity contribution is 5.92. The van der Waals surface area contributed by atoms with Gasteiger partial charge in [-0.05, 0) is 50.6 Å². The third-order valence-electron chi connectivity index (χ3n) is 4.05. The maximum Gasteiger partial charge on any atom is 0.227 e. The topological polar surface area (TPSA) is 67.2 Å². The second-order valence-corrected chi connectivity index (χ2v) is 5.89. The first kappa shape index (κ1) is 17.5. The lowest BCUT2D eigenvalue weighted by Gasteiger charge is -2.27. The van der Waals surface area contributed by atoms with Crippen molar-refractivity contribution < 1.29 is 9.21 Å². The van der Waals surface area contributed by atoms with E-state index in [1.165, 1.54) is 0 Å². The first-order valence-corrected chi connectivity index (χ1v) is 7.69. The summed E-state index contributed by atoms with van der Waals surface area (Å²) in [7, 11) is 0. The molecule has 1 aliphatic heterocycles. The largest absolute Gasteiger partial charge is 0.441 e. The molecule has 0 unspecified atom stereocenters. The molecule has 6 heteroatoms. The molecular formula is C17H22ClN3O2. The van der Waals surface area contributed by atoms with E-state index in [-0.39, 0.29) is 24.2 Å². The molecule has 1 amide bonds. The van der Waals surface area contributed by atoms with Crippen molar-refractivity contribution in [2.24, 2.45) is 5.92 Å². The summed E-state index contributed by atoms with van der Waals surface area (Å²) in [5.74, 6) is 1.58. The number of halogens is 1. The van der Waals surface area contributed by atoms with Crippen LogP contribution >= 0.6 is 12.4 Å². The van der Waals surface area contributed by atoms with Gasteiger partial charge in [-0.2, -0.15) is 0 Å². The van der Waals surface area contributed by atoms with Crippen molar-refractivity contribution >= 4 is 24.0 Å². The highest BCUT2D eigenvalue weighted by Gasteiger charge is 2.24. The molecule has 2 aromatic rings. The van der Waals surface area contributed by atoms with Crippen LogP contribution in [0.15, 0.2) is 34.9 Å². The Bertz CT molecular complexity index is 654. The van der Waals surface area contributed by atoms with Crippen molar-refractivity contribution in [1.29, 1.82) is 0 Å². The van der Waals surface area contributed by atoms with Crippen LogP contribution in [-0.2, 0) is 4.79 Å². The van der Waals surface area contributed by atoms with Gasteiger partial charge in [-0.25, -0.2) is 4.98 Å². The number of piperidine rings is 1. The van der Waals surface area contributed by atoms with E-state index in [9.17, 15) is 4.79 Å². The summed E-state index contributed by atoms with van der Waals surface area (Å²) < 4.78 is 5.49. The number of anilines is 1. The smallest absolute Gasteiger partial charge is 0.227 e. The normalized spacial score (nSPS) is 20.6. The van der Waals surface area contributed by atoms with Crippen LogP contribution in [0.3, 0.4) is 0 Å². The molecule has 1 aromatic heterocycles. The Kier molecular flexibility index (Phi) is 5.80. The van der Waals surface area contributed by atoms with Gasteiger partial charge in [0.15, 0.2) is 11.7 Å². The number of nitrogens with one attached hydrogen (secondary N) is 2. The van der Waals surface area contributed by atoms with Gasteiger partial charge in [0.05, 0.1) is 6.20 Å². The predicted molar refractivity (Wildman–Crippen MR) is 92.7 cm³/mol. The van der Waals surface area contributed by atoms with Gasteiger partial charge < -0.3 is 15.1 Å². The molecule has 1 aromatic carbocycles. The number of hydrogen-bond acceptors (Lipinski definition) is 4. The number of carbonyl (C=O) groups is 1. The number of rotatable bonds is 3. The van der Waals surface area contributed by atoms with Gasteiger partial charge in [0.2, 0.25) is 5.91 Å². The molecule has 0 spiro atoms. The Hall–Kier alpha value is -1.85. The summed E-state index contributed by atoms with van der Waals surface area (Å²) in [4.78, 5) is 16.4. The number of amides is 1. The molecule has 2 N–H and O–H groups in total. The highest BCUT2D eigenvalue weighted by Crippen LogP contribution is 2.23. The maximum absolute atomic E-state index is 12.3. The van der Waals surface area contributed by atoms with Crippen LogP contribution in [0.25, 0.3) is 11.3 Å². The van der Waals surface area contributed by atoms with Crippen molar-refractivity contribution in [3.63, 3.8) is 0 Å². The van der Waals surface area contributed by atoms with E-state index in [4.69, 9.17) is 4.42 Å². The average molecular weight is 336 g/mol. The van der Waals surface area contributed by atoms with Crippen LogP contribution < -0.4 is 10.6 Å². The molecule has 1 fully saturated rings. The third-order valence-corrected chi connectivity index (χ3v) is 4.05. The molecular weight excluding hydrogens is 314 g/mol. The first-order valence-electron chi connectivity index (χ1n) is 7.69. The van der Waals surface area contributed by atoms with E-state index in [1.807, 2.05) is 31.2 Å². The Morgan fingerprint density at radius 1 is 1.35 bits per heavy atom. The minimum atomic E-state index is 0. The zero-order valence-electron chi connectivity index (χ0n) is 13.3. The lowest BCUT2D eigenvalue weighted by atomic mass is 9.92. The fourth-order valence-electron chi connectivity index (χ4n) is 2.83. The average Bonchev–Trinajstić information content (AvgIpc) is 2.94. The van der Waals surface area contributed by atoms with Gasteiger partial charge in [0.25, 0.3) is 0 Å². The highest BCUT2D eigenvalue weighted by atomic mass is 35.5. The quantitative estimate of drug-likeness (QED) is 0.902. The van der Waals surface area contributed by atoms with Gasteiger partial charge in [-0.1, -0.05) is 0 Å². The van der Waals surface area contributed by atoms with Crippen molar-refractivity contribution in [2.45, 2.75) is 32.7 Å². The molecule has 0 bridgehead atoms. The van der Waals surface area contributed by atoms with E-state index in [1.54, 1.807) is 6.20 Å². The molecule has 5 nitrogen and oxygen atoms in total. The molecule has 0 radical (unpaired) electrons. The van der Waals surface area contributed by atoms with Gasteiger partial charge in [-0.15, -0.1) is 12.4 Å². The lowest BCUT2D eigenvalue weighted by molar-refractivity contribution is -0.120. The zero-order chi connectivity index (χ0) is 15.5. The van der Waals surface area contributed by atoms with Gasteiger partial charge in [-0.3, -0.25) is 4.79 Å². The molecule has 124 valence electrons. The van der Waals surface area contributed by atoms with Gasteiger partial charge in [0.1, 0.15) is 0 Å². The van der Waals surface area contributed by atoms with Gasteiger partial charge in [0, 0.05) is 30.1 Å². The fourth-order valence-corrected chi connectivity index (χ4v) is 2.83. The summed E-state index contributed by atoms with van der Waals surface area (Å²) in [6.07, 6.45) is 3.49. The second kappa shape index (κ2) is 7.62. The summed E-state index contributed by atoms with van der Waals surface area (Å²) in [5.41, 5.74) is 1.77. The number of nitrogens with zero attached hydrogens (tertiary/aromatic N) is 1. The molecule has 2 atom stereocenters. The van der Waals surface area contributed by atoms with Crippen LogP contribution in [-0.4, -0.2) is 23.5 Å². The van der Waals surface area contributed by atoms with Gasteiger partial charge >= 0.3 is 0 Å². The van der Waals surface area contributed by atoms with E-state index in [0.717, 1.165) is 36.4 Å². The molecule has 2 heterocycles. The van der Waals surface area contributed by atoms with Crippen LogP contribution in [0.5, 0.6) is 0 Å². The Balaban J connectivity index is 0.00000192. The fraction of sp³-hybridized carbons (Fsp3) is 0.412. The number of oxazole rings is 1. The number of aryl methyl sites for hydroxylation is 1. The Labute approximate surface area is 142 Å². The SMILES string of the molecule is Cc1ncc(-c2ccc(NC(=O)[C@H]3CCN[C@@H](C)C3)cc2)o1.Cl. The standard InChI is InChI=1S/C17H21N3O2.ClH/c1-11-9-14(7-8-18-11)17(21)20-15-5-3-13(4-6-15)16-10-19-12(2)22-16;/h3-6,10-11,14,18H,7-9H2,1-2H3,(H,20,21);1H/t11-,14-;/m0./s1. The summed E-state index contributed by atoms with van der Waals surface area (Å²) in [5, 5.41) is 6.37. The summed E-state index contributed by atoms with van der Waals surface area (Å²) in [6, 6.07) is 8.06. The lowest BCUT2D eigenvalue weighted by Crippen LogP contribution is -2.40. The van der Waals surface area contributed by atoms with Crippen molar-refractivity contribution in [2.75, 3.05) is 11.9 Å². The van der Waals surface area contributed by atoms with Crippen LogP contribution in [0.4, 0.5) is 5.69 Å². The van der Waals surface area contributed by atoms with E-state index >= 15 is 0 Å². The summed E-state index contributed by atoms with van der Waals surface area (Å²) >= 11 is 0. The molecule has 23 heavy (non-hydrogen) atoms. The van der Waals surface area contributed by atoms with Crippen molar-refractivity contribution in [3.05, 3.63) is 36.4 Å². The monoisotopic (exact) mass is 335 g/mol. The Morgan fingerprint density at radius 2 is 2.09 bits per heavy atom. The van der Waals surface area contributed by atoms with E-state index in [2.05, 4.69) is 22.5 Å². The number of hydrogen-bond donors (Lipinski definition) is 2. The molecule has 1 saturated heterocycles. The molecule has 0 saturated carbocycles. The number of benzene rings is 1. The van der Waals surface area contributed by atoms with Crippen molar-refractivity contribution in [3.8, 4) is 11.3 Å². The first-order chi connectivity index (χ1) is 10.6. The van der Waals surface area contributed by atoms with E-state index in [0.29, 0.717) is 11.9 Å². The maximum atomic E-state index is 12.3. The predicted octanol–water partition coefficient (Wildman–Crippen LogP) is 3.40. The molecule has 1 aliphatic rings. The number of carbonyl (C=O) groups excluding carboxylic acids is 1. The number of aromatic nitrogens is 1. The molecule has 3 rings (SSSR count). The minimum absolute atomic E-state index is 0. The van der Waals surface area contributed by atoms with Crippen LogP contribution in [0, 0.1) is 12.8 Å². The zero-order valence-corrected chi connectivity index (χ0v) is 14.2. The Morgan fingerprint density at radius 3 is 2.70 bits per heavy atom. The molecule has 0 aliphatic carbocycles. The van der Waals surface area contributed by atoms with Crippen molar-refractivity contribution in [1.82, 2.24) is 10.3 Å². The van der Waals surface area contributed by atoms with Crippen LogP contribution in [0.1, 0.15) is 25.7 Å². The van der Waals surface area contributed by atoms with Crippen LogP contribution in [0.2, 0.25) is 0 Å². The summed E-state index contributed by atoms with van der Waals surface area (Å²) in [6.45, 7) is 4.84. The third kappa shape index (κ3) is 4.33. The second-order valence-electron chi connectivity index (χ2n) is 5.89. The minimum Gasteiger partial charge on any atom is -0.441 e. The van der Waals surface area contributed by atoms with E-state index < -0.39 is 0 Å².